The molecule has 3 nitrogen and oxygen atoms in total. The Morgan fingerprint density at radius 1 is 1.59 bits per heavy atom. The van der Waals surface area contributed by atoms with Crippen molar-refractivity contribution in [1.82, 2.24) is 0 Å². The molecule has 2 rings (SSSR count). The van der Waals surface area contributed by atoms with Crippen LogP contribution in [0.1, 0.15) is 36.3 Å². The van der Waals surface area contributed by atoms with Crippen LogP contribution in [0.3, 0.4) is 0 Å². The fourth-order valence-corrected chi connectivity index (χ4v) is 2.36. The summed E-state index contributed by atoms with van der Waals surface area (Å²) in [5.74, 6) is -1.20. The van der Waals surface area contributed by atoms with Crippen molar-refractivity contribution >= 4 is 5.97 Å². The average molecular weight is 234 g/mol. The van der Waals surface area contributed by atoms with E-state index in [1.165, 1.54) is 0 Å². The molecule has 3 heteroatoms. The molecule has 0 radical (unpaired) electrons. The van der Waals surface area contributed by atoms with Gasteiger partial charge in [-0.05, 0) is 31.7 Å². The van der Waals surface area contributed by atoms with Crippen molar-refractivity contribution in [1.29, 1.82) is 0 Å². The van der Waals surface area contributed by atoms with Crippen molar-refractivity contribution in [3.8, 4) is 0 Å². The van der Waals surface area contributed by atoms with Gasteiger partial charge in [0.15, 0.2) is 0 Å². The van der Waals surface area contributed by atoms with E-state index in [1.807, 2.05) is 31.2 Å². The van der Waals surface area contributed by atoms with E-state index in [-0.39, 0.29) is 6.10 Å². The Hall–Kier alpha value is -1.35. The van der Waals surface area contributed by atoms with E-state index in [4.69, 9.17) is 4.74 Å². The fraction of sp³-hybridized carbons (Fsp3) is 0.500. The molecule has 0 amide bonds. The number of carbonyl (C=O) groups is 1. The van der Waals surface area contributed by atoms with E-state index in [1.54, 1.807) is 0 Å². The summed E-state index contributed by atoms with van der Waals surface area (Å²) in [6.07, 6.45) is 2.72. The van der Waals surface area contributed by atoms with Crippen LogP contribution in [-0.4, -0.2) is 23.8 Å². The number of ether oxygens (including phenoxy) is 1. The number of hydrogen-bond donors (Lipinski definition) is 1. The molecule has 2 atom stereocenters. The Bertz CT molecular complexity index is 394. The molecular weight excluding hydrogens is 216 g/mol. The molecule has 1 aliphatic heterocycles. The van der Waals surface area contributed by atoms with Crippen molar-refractivity contribution in [2.45, 2.75) is 38.2 Å². The van der Waals surface area contributed by atoms with Crippen molar-refractivity contribution in [3.05, 3.63) is 35.4 Å². The lowest BCUT2D eigenvalue weighted by Crippen LogP contribution is -2.18. The van der Waals surface area contributed by atoms with E-state index in [0.717, 1.165) is 30.6 Å². The molecule has 1 heterocycles. The highest BCUT2D eigenvalue weighted by atomic mass is 16.5. The smallest absolute Gasteiger partial charge is 0.311 e. The Morgan fingerprint density at radius 3 is 3.00 bits per heavy atom. The van der Waals surface area contributed by atoms with Crippen LogP contribution in [0.4, 0.5) is 0 Å². The van der Waals surface area contributed by atoms with Gasteiger partial charge in [-0.1, -0.05) is 29.8 Å². The third-order valence-electron chi connectivity index (χ3n) is 3.27. The summed E-state index contributed by atoms with van der Waals surface area (Å²) in [6, 6.07) is 7.74. The average Bonchev–Trinajstić information content (AvgIpc) is 2.78. The molecular formula is C14H18O3. The molecule has 92 valence electrons. The van der Waals surface area contributed by atoms with Gasteiger partial charge in [-0.3, -0.25) is 4.79 Å². The van der Waals surface area contributed by atoms with Gasteiger partial charge in [0.05, 0.1) is 12.0 Å². The van der Waals surface area contributed by atoms with Crippen molar-refractivity contribution < 1.29 is 14.6 Å². The first-order chi connectivity index (χ1) is 8.16. The SMILES string of the molecule is Cc1cccc(C(CC2CCCO2)C(=O)O)c1. The van der Waals surface area contributed by atoms with E-state index < -0.39 is 11.9 Å². The van der Waals surface area contributed by atoms with Crippen LogP contribution < -0.4 is 0 Å². The van der Waals surface area contributed by atoms with Crippen LogP contribution in [0.5, 0.6) is 0 Å². The first-order valence-corrected chi connectivity index (χ1v) is 6.08. The summed E-state index contributed by atoms with van der Waals surface area (Å²) in [5.41, 5.74) is 1.98. The van der Waals surface area contributed by atoms with Gasteiger partial charge in [-0.2, -0.15) is 0 Å². The Balaban J connectivity index is 2.13. The number of hydrogen-bond acceptors (Lipinski definition) is 2. The predicted octanol–water partition coefficient (Wildman–Crippen LogP) is 2.73. The molecule has 17 heavy (non-hydrogen) atoms. The number of aryl methyl sites for hydroxylation is 1. The second kappa shape index (κ2) is 5.32. The molecule has 1 aromatic rings. The fourth-order valence-electron chi connectivity index (χ4n) is 2.36. The highest BCUT2D eigenvalue weighted by Gasteiger charge is 2.26. The molecule has 2 unspecified atom stereocenters. The zero-order chi connectivity index (χ0) is 12.3. The third kappa shape index (κ3) is 3.07. The first kappa shape index (κ1) is 12.1. The maximum absolute atomic E-state index is 11.3. The Morgan fingerprint density at radius 2 is 2.41 bits per heavy atom. The minimum absolute atomic E-state index is 0.108. The topological polar surface area (TPSA) is 46.5 Å². The van der Waals surface area contributed by atoms with Gasteiger partial charge in [-0.25, -0.2) is 0 Å². The van der Waals surface area contributed by atoms with Gasteiger partial charge in [0.1, 0.15) is 0 Å². The third-order valence-corrected chi connectivity index (χ3v) is 3.27. The number of aliphatic carboxylic acids is 1. The molecule has 1 N–H and O–H groups in total. The van der Waals surface area contributed by atoms with Gasteiger partial charge in [0.25, 0.3) is 0 Å². The Labute approximate surface area is 101 Å². The normalized spacial score (nSPS) is 21.4. The highest BCUT2D eigenvalue weighted by Crippen LogP contribution is 2.27. The van der Waals surface area contributed by atoms with Crippen molar-refractivity contribution in [3.63, 3.8) is 0 Å². The van der Waals surface area contributed by atoms with Crippen LogP contribution in [0, 0.1) is 6.92 Å². The van der Waals surface area contributed by atoms with Crippen molar-refractivity contribution in [2.24, 2.45) is 0 Å². The summed E-state index contributed by atoms with van der Waals surface area (Å²) in [4.78, 5) is 11.3. The molecule has 1 aliphatic rings. The first-order valence-electron chi connectivity index (χ1n) is 6.08. The van der Waals surface area contributed by atoms with Gasteiger partial charge in [0, 0.05) is 6.61 Å². The number of rotatable bonds is 4. The molecule has 1 saturated heterocycles. The molecule has 1 aromatic carbocycles. The van der Waals surface area contributed by atoms with E-state index >= 15 is 0 Å². The highest BCUT2D eigenvalue weighted by molar-refractivity contribution is 5.76. The summed E-state index contributed by atoms with van der Waals surface area (Å²) in [5, 5.41) is 9.32. The molecule has 0 saturated carbocycles. The van der Waals surface area contributed by atoms with Gasteiger partial charge in [-0.15, -0.1) is 0 Å². The summed E-state index contributed by atoms with van der Waals surface area (Å²) in [7, 11) is 0. The summed E-state index contributed by atoms with van der Waals surface area (Å²) < 4.78 is 5.52. The molecule has 0 bridgehead atoms. The Kier molecular flexibility index (Phi) is 3.79. The van der Waals surface area contributed by atoms with Crippen LogP contribution in [-0.2, 0) is 9.53 Å². The minimum Gasteiger partial charge on any atom is -0.481 e. The van der Waals surface area contributed by atoms with Gasteiger partial charge < -0.3 is 9.84 Å². The maximum atomic E-state index is 11.3. The minimum atomic E-state index is -0.758. The van der Waals surface area contributed by atoms with E-state index in [9.17, 15) is 9.90 Å². The quantitative estimate of drug-likeness (QED) is 0.871. The molecule has 0 spiro atoms. The molecule has 0 aliphatic carbocycles. The summed E-state index contributed by atoms with van der Waals surface area (Å²) >= 11 is 0. The monoisotopic (exact) mass is 234 g/mol. The van der Waals surface area contributed by atoms with E-state index in [0.29, 0.717) is 6.42 Å². The second-order valence-corrected chi connectivity index (χ2v) is 4.68. The van der Waals surface area contributed by atoms with Crippen molar-refractivity contribution in [2.75, 3.05) is 6.61 Å². The van der Waals surface area contributed by atoms with Crippen LogP contribution >= 0.6 is 0 Å². The predicted molar refractivity (Wildman–Crippen MR) is 65.1 cm³/mol. The second-order valence-electron chi connectivity index (χ2n) is 4.68. The zero-order valence-corrected chi connectivity index (χ0v) is 10.1. The lowest BCUT2D eigenvalue weighted by molar-refractivity contribution is -0.139. The van der Waals surface area contributed by atoms with Crippen LogP contribution in [0.2, 0.25) is 0 Å². The van der Waals surface area contributed by atoms with Crippen LogP contribution in [0.15, 0.2) is 24.3 Å². The van der Waals surface area contributed by atoms with Gasteiger partial charge in [0.2, 0.25) is 0 Å². The summed E-state index contributed by atoms with van der Waals surface area (Å²) in [6.45, 7) is 2.75. The standard InChI is InChI=1S/C14H18O3/c1-10-4-2-5-11(8-10)13(14(15)16)9-12-6-3-7-17-12/h2,4-5,8,12-13H,3,6-7,9H2,1H3,(H,15,16). The van der Waals surface area contributed by atoms with Gasteiger partial charge >= 0.3 is 5.97 Å². The largest absolute Gasteiger partial charge is 0.481 e. The molecule has 1 fully saturated rings. The maximum Gasteiger partial charge on any atom is 0.311 e. The number of carboxylic acid groups (broad SMARTS) is 1. The lowest BCUT2D eigenvalue weighted by Gasteiger charge is -2.17. The molecule has 0 aromatic heterocycles. The number of benzene rings is 1. The van der Waals surface area contributed by atoms with Crippen LogP contribution in [0.25, 0.3) is 0 Å². The zero-order valence-electron chi connectivity index (χ0n) is 10.1. The number of carboxylic acids is 1. The van der Waals surface area contributed by atoms with E-state index in [2.05, 4.69) is 0 Å². The lowest BCUT2D eigenvalue weighted by atomic mass is 9.91.